The number of carboxylic acids is 1. The third kappa shape index (κ3) is 6.97. The minimum Gasteiger partial charge on any atom is -0.547 e. The molecule has 53 heavy (non-hydrogen) atoms. The molecule has 0 radical (unpaired) electrons. The Labute approximate surface area is 324 Å². The fraction of sp³-hybridized carbons (Fsp3) is 0.933. The number of hydrogen-bond acceptors (Lipinski definition) is 8. The maximum absolute atomic E-state index is 15.9. The van der Waals surface area contributed by atoms with Gasteiger partial charge in [0, 0.05) is 16.7 Å². The third-order valence-corrected chi connectivity index (χ3v) is 15.9. The average Bonchev–Trinajstić information content (AvgIpc) is 3.09. The van der Waals surface area contributed by atoms with Crippen LogP contribution in [0, 0.1) is 51.2 Å². The smallest absolute Gasteiger partial charge is 0.124 e. The maximum Gasteiger partial charge on any atom is 0.124 e. The van der Waals surface area contributed by atoms with Gasteiger partial charge in [-0.1, -0.05) is 60.8 Å². The van der Waals surface area contributed by atoms with E-state index in [1.807, 2.05) is 0 Å². The first-order chi connectivity index (χ1) is 24.9. The molecule has 4 aliphatic heterocycles. The summed E-state index contributed by atoms with van der Waals surface area (Å²) in [6, 6.07) is 0. The van der Waals surface area contributed by atoms with Gasteiger partial charge in [-0.3, -0.25) is 0 Å². The molecule has 0 aromatic carbocycles. The van der Waals surface area contributed by atoms with Gasteiger partial charge in [0.15, 0.2) is 0 Å². The van der Waals surface area contributed by atoms with Crippen LogP contribution in [0.3, 0.4) is 0 Å². The molecule has 0 spiro atoms. The predicted molar refractivity (Wildman–Crippen MR) is 214 cm³/mol. The second-order valence-electron chi connectivity index (χ2n) is 21.3. The lowest BCUT2D eigenvalue weighted by Crippen LogP contribution is -2.83. The third-order valence-electron chi connectivity index (χ3n) is 15.9. The molecule has 2 aliphatic carbocycles. The number of aliphatic hydroxyl groups excluding tert-OH is 1. The van der Waals surface area contributed by atoms with E-state index in [1.54, 1.807) is 0 Å². The number of rotatable bonds is 7. The summed E-state index contributed by atoms with van der Waals surface area (Å²) in [5.74, 6) is -0.521. The summed E-state index contributed by atoms with van der Waals surface area (Å²) in [5, 5.41) is 29.8. The molecule has 2 atom stereocenters. The first-order valence-corrected chi connectivity index (χ1v) is 22.0. The van der Waals surface area contributed by atoms with E-state index >= 15 is 9.90 Å². The first kappa shape index (κ1) is 41.4. The van der Waals surface area contributed by atoms with Crippen LogP contribution < -0.4 is 5.11 Å². The Morgan fingerprint density at radius 3 is 1.30 bits per heavy atom. The van der Waals surface area contributed by atoms with Crippen LogP contribution in [0.2, 0.25) is 0 Å². The van der Waals surface area contributed by atoms with Gasteiger partial charge in [-0.2, -0.15) is 0 Å². The van der Waals surface area contributed by atoms with E-state index in [9.17, 15) is 5.11 Å². The van der Waals surface area contributed by atoms with Gasteiger partial charge in [-0.05, 0) is 185 Å². The van der Waals surface area contributed by atoms with Crippen LogP contribution in [0.4, 0.5) is 0 Å². The van der Waals surface area contributed by atoms with Crippen LogP contribution in [0.15, 0.2) is 11.3 Å². The number of aliphatic hydroxyl groups is 1. The number of hydrogen-bond donors (Lipinski definition) is 1. The number of nitrogens with zero attached hydrogens (tertiary/aromatic N) is 4. The zero-order valence-electron chi connectivity index (χ0n) is 35.8. The van der Waals surface area contributed by atoms with Crippen molar-refractivity contribution in [3.8, 4) is 0 Å². The fourth-order valence-electron chi connectivity index (χ4n) is 14.1. The number of allylic oxidation sites excluding steroid dienone is 1. The Balaban J connectivity index is 1.84. The minimum absolute atomic E-state index is 0.0581. The summed E-state index contributed by atoms with van der Waals surface area (Å²) in [6.07, 6.45) is 12.4. The molecular weight excluding hydrogens is 661 g/mol. The van der Waals surface area contributed by atoms with E-state index < -0.39 is 33.2 Å². The van der Waals surface area contributed by atoms with Gasteiger partial charge in [-0.15, -0.1) is 0 Å². The summed E-state index contributed by atoms with van der Waals surface area (Å²) >= 11 is 0. The predicted octanol–water partition coefficient (Wildman–Crippen LogP) is 6.70. The van der Waals surface area contributed by atoms with Crippen molar-refractivity contribution in [3.05, 3.63) is 11.3 Å². The van der Waals surface area contributed by atoms with E-state index in [-0.39, 0.29) is 35.7 Å². The molecular formula is C45H79N4O4-. The molecule has 304 valence electrons. The van der Waals surface area contributed by atoms with E-state index in [2.05, 4.69) is 89.3 Å². The lowest BCUT2D eigenvalue weighted by molar-refractivity contribution is -0.384. The number of piperidine rings is 4. The fourth-order valence-corrected chi connectivity index (χ4v) is 14.1. The van der Waals surface area contributed by atoms with E-state index in [0.717, 1.165) is 135 Å². The summed E-state index contributed by atoms with van der Waals surface area (Å²) in [5.41, 5.74) is -3.25. The lowest BCUT2D eigenvalue weighted by atomic mass is 9.31. The Bertz CT molecular complexity index is 1240. The van der Waals surface area contributed by atoms with Crippen LogP contribution in [-0.4, -0.2) is 123 Å². The molecule has 4 saturated heterocycles. The van der Waals surface area contributed by atoms with Crippen molar-refractivity contribution >= 4 is 5.97 Å². The van der Waals surface area contributed by atoms with Crippen LogP contribution in [0.5, 0.6) is 0 Å². The zero-order chi connectivity index (χ0) is 38.6. The molecule has 0 amide bonds. The van der Waals surface area contributed by atoms with Crippen molar-refractivity contribution in [3.63, 3.8) is 0 Å². The minimum atomic E-state index is -1.60. The van der Waals surface area contributed by atoms with Gasteiger partial charge in [0.1, 0.15) is 5.60 Å². The lowest BCUT2D eigenvalue weighted by Gasteiger charge is -2.76. The van der Waals surface area contributed by atoms with E-state index in [0.29, 0.717) is 5.76 Å². The summed E-state index contributed by atoms with van der Waals surface area (Å²) < 4.78 is 8.17. The number of carboxylic acid groups (broad SMARTS) is 1. The quantitative estimate of drug-likeness (QED) is 0.309. The molecule has 8 nitrogen and oxygen atoms in total. The first-order valence-electron chi connectivity index (χ1n) is 22.0. The highest BCUT2D eigenvalue weighted by Crippen LogP contribution is 2.77. The molecule has 4 heterocycles. The SMILES string of the molecule is CN1CCC(C2(C3CCN(C)CC3)C(C(C)(C)C)=C(O)C(C(C)(C)C)C(C3CCN(C)CC3)(C3CCN(C)CC3)C2(OC2CCCCC2)C(=O)[O-])CC1. The largest absolute Gasteiger partial charge is 0.547 e. The topological polar surface area (TPSA) is 82.5 Å². The Hall–Kier alpha value is -1.19. The standard InChI is InChI=1S/C45H80N4O4/c1-41(2,3)38-37(50)39(42(4,5)6)44(34-20-28-48(9)29-21-34,35-22-30-49(10)31-23-35)45(40(51)52,53-36-14-12-11-13-15-36)43(38,32-16-24-46(7)25-17-32)33-18-26-47(8)27-19-33/h32-36,38,50H,11-31H2,1-10H3,(H,51,52)/p-1. The highest BCUT2D eigenvalue weighted by Gasteiger charge is 2.80. The normalized spacial score (nSPS) is 32.4. The second-order valence-corrected chi connectivity index (χ2v) is 21.3. The molecule has 0 aromatic rings. The Morgan fingerprint density at radius 2 is 0.981 bits per heavy atom. The highest BCUT2D eigenvalue weighted by molar-refractivity contribution is 5.81. The molecule has 6 aliphatic rings. The molecule has 5 fully saturated rings. The zero-order valence-corrected chi connectivity index (χ0v) is 35.8. The number of ether oxygens (including phenoxy) is 1. The monoisotopic (exact) mass is 740 g/mol. The van der Waals surface area contributed by atoms with Crippen LogP contribution in [0.25, 0.3) is 0 Å². The van der Waals surface area contributed by atoms with Crippen molar-refractivity contribution in [1.29, 1.82) is 0 Å². The van der Waals surface area contributed by atoms with Crippen LogP contribution >= 0.6 is 0 Å². The molecule has 1 saturated carbocycles. The van der Waals surface area contributed by atoms with Crippen LogP contribution in [0.1, 0.15) is 125 Å². The van der Waals surface area contributed by atoms with Gasteiger partial charge in [0.05, 0.1) is 17.8 Å². The van der Waals surface area contributed by atoms with Gasteiger partial charge in [-0.25, -0.2) is 0 Å². The average molecular weight is 740 g/mol. The van der Waals surface area contributed by atoms with Gasteiger partial charge in [0.2, 0.25) is 0 Å². The van der Waals surface area contributed by atoms with E-state index in [1.165, 1.54) is 6.42 Å². The number of likely N-dealkylation sites (tertiary alicyclic amines) is 4. The summed E-state index contributed by atoms with van der Waals surface area (Å²) in [6.45, 7) is 21.2. The summed E-state index contributed by atoms with van der Waals surface area (Å²) in [7, 11) is 8.89. The molecule has 8 heteroatoms. The maximum atomic E-state index is 15.9. The van der Waals surface area contributed by atoms with Gasteiger partial charge < -0.3 is 39.3 Å². The Kier molecular flexibility index (Phi) is 12.2. The highest BCUT2D eigenvalue weighted by atomic mass is 16.5. The van der Waals surface area contributed by atoms with Crippen molar-refractivity contribution in [2.75, 3.05) is 80.5 Å². The van der Waals surface area contributed by atoms with Crippen molar-refractivity contribution in [2.45, 2.75) is 137 Å². The molecule has 0 aromatic heterocycles. The second kappa shape index (κ2) is 15.6. The van der Waals surface area contributed by atoms with Crippen LogP contribution in [-0.2, 0) is 9.53 Å². The number of aliphatic carboxylic acids is 1. The van der Waals surface area contributed by atoms with Crippen molar-refractivity contribution in [1.82, 2.24) is 19.6 Å². The van der Waals surface area contributed by atoms with Crippen molar-refractivity contribution < 1.29 is 19.7 Å². The number of carbonyl (C=O) groups excluding carboxylic acids is 1. The van der Waals surface area contributed by atoms with Gasteiger partial charge in [0.25, 0.3) is 0 Å². The summed E-state index contributed by atoms with van der Waals surface area (Å²) in [4.78, 5) is 25.6. The number of carbonyl (C=O) groups is 1. The molecule has 2 unspecified atom stereocenters. The van der Waals surface area contributed by atoms with Crippen molar-refractivity contribution in [2.24, 2.45) is 51.2 Å². The molecule has 0 bridgehead atoms. The molecule has 6 rings (SSSR count). The van der Waals surface area contributed by atoms with E-state index in [4.69, 9.17) is 4.74 Å². The Morgan fingerprint density at radius 1 is 0.623 bits per heavy atom. The molecule has 1 N–H and O–H groups in total. The van der Waals surface area contributed by atoms with Gasteiger partial charge >= 0.3 is 0 Å².